The highest BCUT2D eigenvalue weighted by Gasteiger charge is 2.40. The number of carbonyl (C=O) groups excluding carboxylic acids is 2. The van der Waals surface area contributed by atoms with E-state index in [-0.39, 0.29) is 11.7 Å². The Kier molecular flexibility index (Phi) is 4.77. The zero-order valence-electron chi connectivity index (χ0n) is 13.6. The quantitative estimate of drug-likeness (QED) is 0.789. The van der Waals surface area contributed by atoms with Crippen LogP contribution in [0.25, 0.3) is 0 Å². The molecule has 8 heteroatoms. The largest absolute Gasteiger partial charge is 0.573 e. The summed E-state index contributed by atoms with van der Waals surface area (Å²) < 4.78 is 40.9. The summed E-state index contributed by atoms with van der Waals surface area (Å²) in [5.74, 6) is -0.708. The molecule has 0 aliphatic carbocycles. The fourth-order valence-corrected chi connectivity index (χ4v) is 2.73. The van der Waals surface area contributed by atoms with E-state index in [1.54, 1.807) is 0 Å². The zero-order valence-corrected chi connectivity index (χ0v) is 13.6. The van der Waals surface area contributed by atoms with Crippen LogP contribution in [0.2, 0.25) is 0 Å². The maximum atomic E-state index is 12.6. The second-order valence-corrected chi connectivity index (χ2v) is 6.52. The van der Waals surface area contributed by atoms with Crippen LogP contribution >= 0.6 is 0 Å². The molecule has 0 N–H and O–H groups in total. The summed E-state index contributed by atoms with van der Waals surface area (Å²) in [7, 11) is 0. The fraction of sp³-hybridized carbons (Fsp3) is 0.500. The van der Waals surface area contributed by atoms with Gasteiger partial charge in [0, 0.05) is 23.8 Å². The first kappa shape index (κ1) is 18.1. The predicted octanol–water partition coefficient (Wildman–Crippen LogP) is 2.95. The molecule has 0 bridgehead atoms. The van der Waals surface area contributed by atoms with Crippen molar-refractivity contribution in [2.75, 3.05) is 11.4 Å². The number of benzene rings is 1. The monoisotopic (exact) mass is 344 g/mol. The number of ether oxygens (including phenoxy) is 1. The van der Waals surface area contributed by atoms with Crippen LogP contribution in [0.5, 0.6) is 5.75 Å². The summed E-state index contributed by atoms with van der Waals surface area (Å²) in [5, 5.41) is 0. The molecule has 2 rings (SSSR count). The second kappa shape index (κ2) is 6.33. The van der Waals surface area contributed by atoms with Crippen LogP contribution in [-0.4, -0.2) is 41.7 Å². The van der Waals surface area contributed by atoms with Crippen LogP contribution in [0.15, 0.2) is 24.3 Å². The Morgan fingerprint density at radius 1 is 1.29 bits per heavy atom. The van der Waals surface area contributed by atoms with Crippen LogP contribution in [0.4, 0.5) is 18.9 Å². The molecule has 24 heavy (non-hydrogen) atoms. The van der Waals surface area contributed by atoms with Gasteiger partial charge in [0.15, 0.2) is 0 Å². The van der Waals surface area contributed by atoms with E-state index in [1.807, 2.05) is 20.8 Å². The summed E-state index contributed by atoms with van der Waals surface area (Å²) in [6.07, 6.45) is -3.74. The van der Waals surface area contributed by atoms with Crippen molar-refractivity contribution in [3.8, 4) is 5.75 Å². The van der Waals surface area contributed by atoms with Gasteiger partial charge in [0.05, 0.1) is 0 Å². The molecular weight excluding hydrogens is 325 g/mol. The number of hydrogen-bond donors (Lipinski definition) is 0. The summed E-state index contributed by atoms with van der Waals surface area (Å²) >= 11 is 0. The van der Waals surface area contributed by atoms with Gasteiger partial charge in [-0.05, 0) is 39.3 Å². The molecule has 0 radical (unpaired) electrons. The van der Waals surface area contributed by atoms with E-state index in [4.69, 9.17) is 0 Å². The van der Waals surface area contributed by atoms with Crippen LogP contribution in [-0.2, 0) is 9.59 Å². The lowest BCUT2D eigenvalue weighted by molar-refractivity contribution is -0.274. The standard InChI is InChI=1S/C16H19F3N2O3/c1-15(2,3)21(10-22)13-7-8-20(14(13)23)11-5-4-6-12(9-11)24-16(17,18)19/h4-6,9-10,13H,7-8H2,1-3H3. The summed E-state index contributed by atoms with van der Waals surface area (Å²) in [5.41, 5.74) is -0.219. The molecule has 0 spiro atoms. The van der Waals surface area contributed by atoms with Gasteiger partial charge in [0.25, 0.3) is 0 Å². The maximum Gasteiger partial charge on any atom is 0.573 e. The smallest absolute Gasteiger partial charge is 0.406 e. The van der Waals surface area contributed by atoms with Gasteiger partial charge < -0.3 is 14.5 Å². The molecular formula is C16H19F3N2O3. The summed E-state index contributed by atoms with van der Waals surface area (Å²) in [6.45, 7) is 5.76. The molecule has 1 heterocycles. The van der Waals surface area contributed by atoms with E-state index in [0.29, 0.717) is 25.1 Å². The number of amides is 2. The SMILES string of the molecule is CC(C)(C)N(C=O)C1CCN(c2cccc(OC(F)(F)F)c2)C1=O. The lowest BCUT2D eigenvalue weighted by Crippen LogP contribution is -2.50. The molecule has 0 saturated carbocycles. The normalized spacial score (nSPS) is 18.7. The minimum absolute atomic E-state index is 0.309. The third-order valence-corrected chi connectivity index (χ3v) is 3.76. The minimum atomic E-state index is -4.79. The van der Waals surface area contributed by atoms with Crippen LogP contribution < -0.4 is 9.64 Å². The Balaban J connectivity index is 2.21. The van der Waals surface area contributed by atoms with Gasteiger partial charge in [0.1, 0.15) is 11.8 Å². The van der Waals surface area contributed by atoms with Gasteiger partial charge in [-0.25, -0.2) is 0 Å². The zero-order chi connectivity index (χ0) is 18.1. The van der Waals surface area contributed by atoms with Crippen molar-refractivity contribution in [3.05, 3.63) is 24.3 Å². The molecule has 1 aliphatic heterocycles. The summed E-state index contributed by atoms with van der Waals surface area (Å²) in [4.78, 5) is 26.8. The number of rotatable bonds is 4. The van der Waals surface area contributed by atoms with Gasteiger partial charge >= 0.3 is 6.36 Å². The Hall–Kier alpha value is -2.25. The number of anilines is 1. The minimum Gasteiger partial charge on any atom is -0.406 e. The van der Waals surface area contributed by atoms with E-state index < -0.39 is 17.9 Å². The van der Waals surface area contributed by atoms with E-state index >= 15 is 0 Å². The highest BCUT2D eigenvalue weighted by molar-refractivity contribution is 6.00. The third kappa shape index (κ3) is 3.98. The van der Waals surface area contributed by atoms with Crippen molar-refractivity contribution in [3.63, 3.8) is 0 Å². The molecule has 1 unspecified atom stereocenters. The molecule has 1 atom stereocenters. The van der Waals surface area contributed by atoms with Crippen LogP contribution in [0.1, 0.15) is 27.2 Å². The Labute approximate surface area is 138 Å². The average Bonchev–Trinajstić information content (AvgIpc) is 2.78. The number of halogens is 3. The number of hydrogen-bond acceptors (Lipinski definition) is 3. The fourth-order valence-electron chi connectivity index (χ4n) is 2.73. The highest BCUT2D eigenvalue weighted by Crippen LogP contribution is 2.31. The van der Waals surface area contributed by atoms with Gasteiger partial charge in [0.2, 0.25) is 12.3 Å². The third-order valence-electron chi connectivity index (χ3n) is 3.76. The van der Waals surface area contributed by atoms with Crippen molar-refractivity contribution < 1.29 is 27.5 Å². The first-order valence-corrected chi connectivity index (χ1v) is 7.44. The number of carbonyl (C=O) groups is 2. The molecule has 132 valence electrons. The van der Waals surface area contributed by atoms with Crippen molar-refractivity contribution in [2.45, 2.75) is 45.1 Å². The lowest BCUT2D eigenvalue weighted by Gasteiger charge is -2.36. The van der Waals surface area contributed by atoms with Gasteiger partial charge in [-0.3, -0.25) is 9.59 Å². The van der Waals surface area contributed by atoms with E-state index in [0.717, 1.165) is 6.07 Å². The molecule has 1 saturated heterocycles. The molecule has 1 aliphatic rings. The molecule has 1 aromatic rings. The van der Waals surface area contributed by atoms with E-state index in [2.05, 4.69) is 4.74 Å². The van der Waals surface area contributed by atoms with Crippen LogP contribution in [0.3, 0.4) is 0 Å². The van der Waals surface area contributed by atoms with Crippen LogP contribution in [0, 0.1) is 0 Å². The topological polar surface area (TPSA) is 49.9 Å². The van der Waals surface area contributed by atoms with E-state index in [1.165, 1.54) is 28.0 Å². The van der Waals surface area contributed by atoms with Gasteiger partial charge in [-0.1, -0.05) is 6.07 Å². The summed E-state index contributed by atoms with van der Waals surface area (Å²) in [6, 6.07) is 4.62. The highest BCUT2D eigenvalue weighted by atomic mass is 19.4. The van der Waals surface area contributed by atoms with Crippen molar-refractivity contribution >= 4 is 18.0 Å². The Bertz CT molecular complexity index is 626. The lowest BCUT2D eigenvalue weighted by atomic mass is 10.0. The Morgan fingerprint density at radius 2 is 1.96 bits per heavy atom. The number of alkyl halides is 3. The van der Waals surface area contributed by atoms with Gasteiger partial charge in [-0.15, -0.1) is 13.2 Å². The molecule has 1 fully saturated rings. The molecule has 2 amide bonds. The average molecular weight is 344 g/mol. The van der Waals surface area contributed by atoms with Crippen molar-refractivity contribution in [2.24, 2.45) is 0 Å². The maximum absolute atomic E-state index is 12.6. The molecule has 0 aromatic heterocycles. The first-order chi connectivity index (χ1) is 11.0. The first-order valence-electron chi connectivity index (χ1n) is 7.44. The van der Waals surface area contributed by atoms with Crippen molar-refractivity contribution in [1.82, 2.24) is 4.90 Å². The Morgan fingerprint density at radius 3 is 2.50 bits per heavy atom. The van der Waals surface area contributed by atoms with E-state index in [9.17, 15) is 22.8 Å². The molecule has 5 nitrogen and oxygen atoms in total. The van der Waals surface area contributed by atoms with Gasteiger partial charge in [-0.2, -0.15) is 0 Å². The number of nitrogens with zero attached hydrogens (tertiary/aromatic N) is 2. The predicted molar refractivity (Wildman–Crippen MR) is 81.5 cm³/mol. The van der Waals surface area contributed by atoms with Crippen molar-refractivity contribution in [1.29, 1.82) is 0 Å². The second-order valence-electron chi connectivity index (χ2n) is 6.52. The molecule has 1 aromatic carbocycles.